The number of amides is 3. The largest absolute Gasteiger partial charge is 0.445 e. The van der Waals surface area contributed by atoms with E-state index >= 15 is 0 Å². The van der Waals surface area contributed by atoms with Gasteiger partial charge in [-0.15, -0.1) is 0 Å². The van der Waals surface area contributed by atoms with Crippen molar-refractivity contribution in [1.29, 1.82) is 0 Å². The van der Waals surface area contributed by atoms with Crippen molar-refractivity contribution in [1.82, 2.24) is 10.2 Å². The first kappa shape index (κ1) is 24.1. The molecule has 8 nitrogen and oxygen atoms in total. The van der Waals surface area contributed by atoms with Crippen molar-refractivity contribution in [2.45, 2.75) is 39.4 Å². The molecule has 0 spiro atoms. The van der Waals surface area contributed by atoms with Gasteiger partial charge in [-0.3, -0.25) is 4.79 Å². The lowest BCUT2D eigenvalue weighted by Crippen LogP contribution is -2.48. The molecule has 2 N–H and O–H groups in total. The molecule has 8 heteroatoms. The fourth-order valence-corrected chi connectivity index (χ4v) is 3.57. The zero-order valence-corrected chi connectivity index (χ0v) is 19.3. The summed E-state index contributed by atoms with van der Waals surface area (Å²) in [5.41, 5.74) is -0.155. The van der Waals surface area contributed by atoms with Crippen LogP contribution in [0.5, 0.6) is 0 Å². The van der Waals surface area contributed by atoms with E-state index in [1.165, 1.54) is 4.90 Å². The van der Waals surface area contributed by atoms with E-state index in [0.29, 0.717) is 18.7 Å². The zero-order valence-electron chi connectivity index (χ0n) is 19.3. The van der Waals surface area contributed by atoms with Gasteiger partial charge in [0.2, 0.25) is 5.91 Å². The summed E-state index contributed by atoms with van der Waals surface area (Å²) in [5.74, 6) is -0.275. The summed E-state index contributed by atoms with van der Waals surface area (Å²) in [6.07, 6.45) is -0.728. The number of hydrogen-bond donors (Lipinski definition) is 2. The summed E-state index contributed by atoms with van der Waals surface area (Å²) in [5, 5.41) is 5.61. The topological polar surface area (TPSA) is 97.0 Å². The van der Waals surface area contributed by atoms with Crippen LogP contribution < -0.4 is 10.6 Å². The molecule has 1 saturated heterocycles. The van der Waals surface area contributed by atoms with Gasteiger partial charge < -0.3 is 25.0 Å². The first-order chi connectivity index (χ1) is 15.7. The Labute approximate surface area is 194 Å². The average molecular weight is 454 g/mol. The highest BCUT2D eigenvalue weighted by Gasteiger charge is 2.47. The third kappa shape index (κ3) is 6.97. The lowest BCUT2D eigenvalue weighted by Gasteiger charge is -2.29. The number of carbonyl (C=O) groups is 3. The van der Waals surface area contributed by atoms with E-state index in [1.807, 2.05) is 48.5 Å². The van der Waals surface area contributed by atoms with Gasteiger partial charge >= 0.3 is 12.2 Å². The van der Waals surface area contributed by atoms with Crippen LogP contribution in [-0.2, 0) is 20.9 Å². The average Bonchev–Trinajstić information content (AvgIpc) is 3.23. The molecule has 1 aliphatic heterocycles. The minimum absolute atomic E-state index is 0.0264. The van der Waals surface area contributed by atoms with Crippen molar-refractivity contribution in [3.63, 3.8) is 0 Å². The van der Waals surface area contributed by atoms with E-state index in [2.05, 4.69) is 10.6 Å². The second kappa shape index (κ2) is 10.4. The lowest BCUT2D eigenvalue weighted by atomic mass is 9.85. The van der Waals surface area contributed by atoms with Gasteiger partial charge in [0.15, 0.2) is 0 Å². The quantitative estimate of drug-likeness (QED) is 0.684. The molecule has 1 aliphatic rings. The Morgan fingerprint density at radius 2 is 1.64 bits per heavy atom. The Bertz CT molecular complexity index is 959. The van der Waals surface area contributed by atoms with Crippen molar-refractivity contribution in [2.75, 3.05) is 25.0 Å². The summed E-state index contributed by atoms with van der Waals surface area (Å²) in [6, 6.07) is 18.4. The molecular weight excluding hydrogens is 422 g/mol. The Hall–Kier alpha value is -3.55. The number of para-hydroxylation sites is 1. The third-order valence-corrected chi connectivity index (χ3v) is 5.30. The second-order valence-electron chi connectivity index (χ2n) is 9.17. The first-order valence-corrected chi connectivity index (χ1v) is 11.0. The van der Waals surface area contributed by atoms with Crippen molar-refractivity contribution in [3.05, 3.63) is 66.2 Å². The fourth-order valence-electron chi connectivity index (χ4n) is 3.57. The van der Waals surface area contributed by atoms with E-state index in [-0.39, 0.29) is 25.6 Å². The molecule has 1 unspecified atom stereocenters. The number of anilines is 1. The van der Waals surface area contributed by atoms with Crippen molar-refractivity contribution >= 4 is 23.8 Å². The Morgan fingerprint density at radius 3 is 2.27 bits per heavy atom. The van der Waals surface area contributed by atoms with E-state index in [9.17, 15) is 14.4 Å². The molecule has 3 rings (SSSR count). The molecule has 33 heavy (non-hydrogen) atoms. The van der Waals surface area contributed by atoms with Gasteiger partial charge in [0.25, 0.3) is 0 Å². The SMILES string of the molecule is CC(C)(C)OC(=O)N1CCC(CNC(=O)OCc2ccccc2)(C(=O)Nc2ccccc2)C1. The number of hydrogen-bond acceptors (Lipinski definition) is 5. The van der Waals surface area contributed by atoms with Crippen molar-refractivity contribution in [2.24, 2.45) is 5.41 Å². The van der Waals surface area contributed by atoms with Crippen LogP contribution in [0.25, 0.3) is 0 Å². The summed E-state index contributed by atoms with van der Waals surface area (Å²) >= 11 is 0. The maximum atomic E-state index is 13.3. The van der Waals surface area contributed by atoms with Crippen LogP contribution in [0.15, 0.2) is 60.7 Å². The van der Waals surface area contributed by atoms with Crippen LogP contribution in [0.1, 0.15) is 32.8 Å². The molecule has 1 atom stereocenters. The molecule has 2 aromatic rings. The maximum Gasteiger partial charge on any atom is 0.410 e. The maximum absolute atomic E-state index is 13.3. The first-order valence-electron chi connectivity index (χ1n) is 11.0. The predicted molar refractivity (Wildman–Crippen MR) is 125 cm³/mol. The Balaban J connectivity index is 1.67. The summed E-state index contributed by atoms with van der Waals surface area (Å²) in [6.45, 7) is 6.00. The van der Waals surface area contributed by atoms with Crippen LogP contribution in [0.2, 0.25) is 0 Å². The van der Waals surface area contributed by atoms with Gasteiger partial charge in [0, 0.05) is 25.3 Å². The molecule has 0 saturated carbocycles. The highest BCUT2D eigenvalue weighted by molar-refractivity contribution is 5.96. The summed E-state index contributed by atoms with van der Waals surface area (Å²) < 4.78 is 10.8. The van der Waals surface area contributed by atoms with Crippen molar-refractivity contribution < 1.29 is 23.9 Å². The fraction of sp³-hybridized carbons (Fsp3) is 0.400. The molecule has 176 valence electrons. The van der Waals surface area contributed by atoms with Crippen molar-refractivity contribution in [3.8, 4) is 0 Å². The molecule has 0 bridgehead atoms. The number of likely N-dealkylation sites (tertiary alicyclic amines) is 1. The third-order valence-electron chi connectivity index (χ3n) is 5.30. The van der Waals surface area contributed by atoms with Crippen LogP contribution in [-0.4, -0.2) is 48.2 Å². The highest BCUT2D eigenvalue weighted by atomic mass is 16.6. The molecule has 0 aliphatic carbocycles. The number of ether oxygens (including phenoxy) is 2. The van der Waals surface area contributed by atoms with E-state index in [1.54, 1.807) is 32.9 Å². The molecule has 1 heterocycles. The number of nitrogens with zero attached hydrogens (tertiary/aromatic N) is 1. The lowest BCUT2D eigenvalue weighted by molar-refractivity contribution is -0.124. The highest BCUT2D eigenvalue weighted by Crippen LogP contribution is 2.32. The van der Waals surface area contributed by atoms with E-state index in [0.717, 1.165) is 5.56 Å². The molecule has 2 aromatic carbocycles. The van der Waals surface area contributed by atoms with E-state index in [4.69, 9.17) is 9.47 Å². The van der Waals surface area contributed by atoms with E-state index < -0.39 is 23.2 Å². The Kier molecular flexibility index (Phi) is 7.58. The summed E-state index contributed by atoms with van der Waals surface area (Å²) in [7, 11) is 0. The van der Waals surface area contributed by atoms with Gasteiger partial charge in [-0.05, 0) is 44.9 Å². The van der Waals surface area contributed by atoms with Gasteiger partial charge in [-0.1, -0.05) is 48.5 Å². The molecule has 0 radical (unpaired) electrons. The normalized spacial score (nSPS) is 17.8. The number of nitrogens with one attached hydrogen (secondary N) is 2. The minimum atomic E-state index is -1.02. The van der Waals surface area contributed by atoms with Crippen LogP contribution in [0.4, 0.5) is 15.3 Å². The minimum Gasteiger partial charge on any atom is -0.445 e. The standard InChI is InChI=1S/C25H31N3O5/c1-24(2,3)33-23(31)28-15-14-25(18-28,21(29)27-20-12-8-5-9-13-20)17-26-22(30)32-16-19-10-6-4-7-11-19/h4-13H,14-18H2,1-3H3,(H,26,30)(H,27,29). The number of rotatable bonds is 6. The Morgan fingerprint density at radius 1 is 1.00 bits per heavy atom. The van der Waals surface area contributed by atoms with Gasteiger partial charge in [-0.25, -0.2) is 9.59 Å². The molecule has 1 fully saturated rings. The number of benzene rings is 2. The molecule has 3 amide bonds. The molecule has 0 aromatic heterocycles. The van der Waals surface area contributed by atoms with Gasteiger partial charge in [0.1, 0.15) is 12.2 Å². The zero-order chi connectivity index (χ0) is 23.9. The van der Waals surface area contributed by atoms with Crippen LogP contribution >= 0.6 is 0 Å². The number of alkyl carbamates (subject to hydrolysis) is 1. The summed E-state index contributed by atoms with van der Waals surface area (Å²) in [4.78, 5) is 39.7. The number of carbonyl (C=O) groups excluding carboxylic acids is 3. The van der Waals surface area contributed by atoms with Gasteiger partial charge in [0.05, 0.1) is 5.41 Å². The predicted octanol–water partition coefficient (Wildman–Crippen LogP) is 4.18. The van der Waals surface area contributed by atoms with Gasteiger partial charge in [-0.2, -0.15) is 0 Å². The monoisotopic (exact) mass is 453 g/mol. The van der Waals surface area contributed by atoms with Crippen LogP contribution in [0.3, 0.4) is 0 Å². The smallest absolute Gasteiger partial charge is 0.410 e. The molecular formula is C25H31N3O5. The van der Waals surface area contributed by atoms with Crippen LogP contribution in [0, 0.1) is 5.41 Å². The second-order valence-corrected chi connectivity index (χ2v) is 9.17.